The average Bonchev–Trinajstić information content (AvgIpc) is 2.18. The maximum Gasteiger partial charge on any atom is 0.251 e. The zero-order valence-electron chi connectivity index (χ0n) is 8.13. The number of carbonyl (C=O) groups is 1. The number of rotatable bonds is 3. The van der Waals surface area contributed by atoms with Gasteiger partial charge in [-0.2, -0.15) is 0 Å². The number of nitrogens with one attached hydrogen (secondary N) is 1. The van der Waals surface area contributed by atoms with E-state index in [1.807, 2.05) is 0 Å². The zero-order valence-corrected chi connectivity index (χ0v) is 8.88. The molecule has 3 nitrogen and oxygen atoms in total. The quantitative estimate of drug-likeness (QED) is 0.830. The van der Waals surface area contributed by atoms with Crippen LogP contribution in [0.2, 0.25) is 5.02 Å². The molecular formula is C10H11ClFNO2. The van der Waals surface area contributed by atoms with E-state index in [0.717, 1.165) is 6.07 Å². The van der Waals surface area contributed by atoms with E-state index >= 15 is 0 Å². The standard InChI is InChI=1S/C10H11ClFNO2/c1-6(14)5-13-10(15)7-2-3-9(12)8(11)4-7/h2-4,6,14H,5H2,1H3,(H,13,15)/t6-/m1/s1. The van der Waals surface area contributed by atoms with Crippen LogP contribution in [0.3, 0.4) is 0 Å². The largest absolute Gasteiger partial charge is 0.392 e. The van der Waals surface area contributed by atoms with Gasteiger partial charge in [0.25, 0.3) is 5.91 Å². The van der Waals surface area contributed by atoms with E-state index in [1.165, 1.54) is 12.1 Å². The summed E-state index contributed by atoms with van der Waals surface area (Å²) in [4.78, 5) is 11.4. The van der Waals surface area contributed by atoms with Crippen LogP contribution >= 0.6 is 11.6 Å². The van der Waals surface area contributed by atoms with Gasteiger partial charge in [-0.3, -0.25) is 4.79 Å². The molecule has 1 atom stereocenters. The molecule has 15 heavy (non-hydrogen) atoms. The summed E-state index contributed by atoms with van der Waals surface area (Å²) < 4.78 is 12.8. The zero-order chi connectivity index (χ0) is 11.4. The van der Waals surface area contributed by atoms with Crippen LogP contribution in [0, 0.1) is 5.82 Å². The van der Waals surface area contributed by atoms with Crippen molar-refractivity contribution >= 4 is 17.5 Å². The smallest absolute Gasteiger partial charge is 0.251 e. The summed E-state index contributed by atoms with van der Waals surface area (Å²) in [6.07, 6.45) is -0.620. The highest BCUT2D eigenvalue weighted by atomic mass is 35.5. The summed E-state index contributed by atoms with van der Waals surface area (Å²) in [5, 5.41) is 11.3. The van der Waals surface area contributed by atoms with Gasteiger partial charge in [0.2, 0.25) is 0 Å². The van der Waals surface area contributed by atoms with E-state index in [4.69, 9.17) is 16.7 Å². The first kappa shape index (κ1) is 11.9. The number of aliphatic hydroxyl groups is 1. The molecule has 82 valence electrons. The summed E-state index contributed by atoms with van der Waals surface area (Å²) in [6, 6.07) is 3.70. The first-order valence-corrected chi connectivity index (χ1v) is 4.80. The van der Waals surface area contributed by atoms with Crippen LogP contribution in [0.5, 0.6) is 0 Å². The summed E-state index contributed by atoms with van der Waals surface area (Å²) in [5.41, 5.74) is 0.266. The Bertz CT molecular complexity index is 368. The second-order valence-electron chi connectivity index (χ2n) is 3.19. The van der Waals surface area contributed by atoms with Gasteiger partial charge in [-0.1, -0.05) is 11.6 Å². The lowest BCUT2D eigenvalue weighted by atomic mass is 10.2. The van der Waals surface area contributed by atoms with E-state index in [0.29, 0.717) is 0 Å². The molecular weight excluding hydrogens is 221 g/mol. The van der Waals surface area contributed by atoms with E-state index in [9.17, 15) is 9.18 Å². The normalized spacial score (nSPS) is 12.3. The number of carbonyl (C=O) groups excluding carboxylic acids is 1. The number of benzene rings is 1. The molecule has 0 aliphatic carbocycles. The maximum absolute atomic E-state index is 12.8. The van der Waals surface area contributed by atoms with Gasteiger partial charge in [0.1, 0.15) is 5.82 Å². The maximum atomic E-state index is 12.8. The number of aliphatic hydroxyl groups excluding tert-OH is 1. The van der Waals surface area contributed by atoms with Crippen molar-refractivity contribution in [2.24, 2.45) is 0 Å². The van der Waals surface area contributed by atoms with Crippen molar-refractivity contribution in [3.63, 3.8) is 0 Å². The number of hydrogen-bond acceptors (Lipinski definition) is 2. The van der Waals surface area contributed by atoms with Crippen molar-refractivity contribution in [3.05, 3.63) is 34.6 Å². The highest BCUT2D eigenvalue weighted by Gasteiger charge is 2.08. The van der Waals surface area contributed by atoms with Crippen LogP contribution < -0.4 is 5.32 Å². The van der Waals surface area contributed by atoms with Crippen molar-refractivity contribution in [1.29, 1.82) is 0 Å². The minimum atomic E-state index is -0.620. The molecule has 0 radical (unpaired) electrons. The van der Waals surface area contributed by atoms with E-state index in [1.54, 1.807) is 6.92 Å². The molecule has 1 amide bonds. The second-order valence-corrected chi connectivity index (χ2v) is 3.60. The Labute approximate surface area is 91.9 Å². The fraction of sp³-hybridized carbons (Fsp3) is 0.300. The monoisotopic (exact) mass is 231 g/mol. The van der Waals surface area contributed by atoms with Gasteiger partial charge >= 0.3 is 0 Å². The van der Waals surface area contributed by atoms with Crippen LogP contribution in [0.1, 0.15) is 17.3 Å². The molecule has 0 aliphatic rings. The Kier molecular flexibility index (Phi) is 4.05. The van der Waals surface area contributed by atoms with Crippen LogP contribution in [0.25, 0.3) is 0 Å². The first-order chi connectivity index (χ1) is 7.00. The molecule has 0 saturated heterocycles. The number of hydrogen-bond donors (Lipinski definition) is 2. The van der Waals surface area contributed by atoms with Crippen molar-refractivity contribution in [2.75, 3.05) is 6.54 Å². The number of halogens is 2. The Balaban J connectivity index is 2.70. The van der Waals surface area contributed by atoms with Gasteiger partial charge in [-0.25, -0.2) is 4.39 Å². The van der Waals surface area contributed by atoms with Gasteiger partial charge in [0, 0.05) is 12.1 Å². The minimum absolute atomic E-state index is 0.0975. The molecule has 1 aromatic rings. The first-order valence-electron chi connectivity index (χ1n) is 4.42. The molecule has 0 heterocycles. The molecule has 0 saturated carbocycles. The molecule has 0 spiro atoms. The van der Waals surface area contributed by atoms with Gasteiger partial charge in [-0.05, 0) is 25.1 Å². The van der Waals surface area contributed by atoms with Crippen molar-refractivity contribution in [2.45, 2.75) is 13.0 Å². The Morgan fingerprint density at radius 3 is 2.87 bits per heavy atom. The molecule has 0 fully saturated rings. The Morgan fingerprint density at radius 2 is 2.33 bits per heavy atom. The van der Waals surface area contributed by atoms with Crippen molar-refractivity contribution in [3.8, 4) is 0 Å². The minimum Gasteiger partial charge on any atom is -0.392 e. The SMILES string of the molecule is C[C@@H](O)CNC(=O)c1ccc(F)c(Cl)c1. The van der Waals surface area contributed by atoms with E-state index in [2.05, 4.69) is 5.32 Å². The summed E-state index contributed by atoms with van der Waals surface area (Å²) in [7, 11) is 0. The molecule has 1 rings (SSSR count). The predicted molar refractivity (Wildman–Crippen MR) is 55.4 cm³/mol. The third kappa shape index (κ3) is 3.49. The lowest BCUT2D eigenvalue weighted by molar-refractivity contribution is 0.0924. The molecule has 1 aromatic carbocycles. The molecule has 5 heteroatoms. The van der Waals surface area contributed by atoms with Crippen molar-refractivity contribution < 1.29 is 14.3 Å². The molecule has 0 unspecified atom stereocenters. The Hall–Kier alpha value is -1.13. The van der Waals surface area contributed by atoms with Crippen LogP contribution in [-0.4, -0.2) is 23.7 Å². The molecule has 0 bridgehead atoms. The topological polar surface area (TPSA) is 49.3 Å². The van der Waals surface area contributed by atoms with E-state index < -0.39 is 17.8 Å². The lowest BCUT2D eigenvalue weighted by Crippen LogP contribution is -2.30. The third-order valence-electron chi connectivity index (χ3n) is 1.74. The highest BCUT2D eigenvalue weighted by molar-refractivity contribution is 6.31. The number of amides is 1. The molecule has 0 aliphatic heterocycles. The van der Waals surface area contributed by atoms with Crippen LogP contribution in [-0.2, 0) is 0 Å². The summed E-state index contributed by atoms with van der Waals surface area (Å²) in [6.45, 7) is 1.70. The second kappa shape index (κ2) is 5.09. The van der Waals surface area contributed by atoms with Gasteiger partial charge in [0.15, 0.2) is 0 Å². The lowest BCUT2D eigenvalue weighted by Gasteiger charge is -2.07. The third-order valence-corrected chi connectivity index (χ3v) is 2.03. The van der Waals surface area contributed by atoms with Crippen molar-refractivity contribution in [1.82, 2.24) is 5.32 Å². The summed E-state index contributed by atoms with van der Waals surface area (Å²) >= 11 is 5.52. The molecule has 0 aromatic heterocycles. The van der Waals surface area contributed by atoms with Gasteiger partial charge in [-0.15, -0.1) is 0 Å². The average molecular weight is 232 g/mol. The Morgan fingerprint density at radius 1 is 1.67 bits per heavy atom. The molecule has 2 N–H and O–H groups in total. The summed E-state index contributed by atoms with van der Waals surface area (Å²) in [5.74, 6) is -0.957. The predicted octanol–water partition coefficient (Wildman–Crippen LogP) is 1.59. The van der Waals surface area contributed by atoms with E-state index in [-0.39, 0.29) is 17.1 Å². The fourth-order valence-corrected chi connectivity index (χ4v) is 1.16. The fourth-order valence-electron chi connectivity index (χ4n) is 0.980. The van der Waals surface area contributed by atoms with Crippen LogP contribution in [0.4, 0.5) is 4.39 Å². The highest BCUT2D eigenvalue weighted by Crippen LogP contribution is 2.15. The van der Waals surface area contributed by atoms with Gasteiger partial charge in [0.05, 0.1) is 11.1 Å². The van der Waals surface area contributed by atoms with Gasteiger partial charge < -0.3 is 10.4 Å². The van der Waals surface area contributed by atoms with Crippen LogP contribution in [0.15, 0.2) is 18.2 Å².